The molecule has 1 heterocycles. The van der Waals surface area contributed by atoms with Gasteiger partial charge in [-0.15, -0.1) is 0 Å². The molecule has 0 radical (unpaired) electrons. The van der Waals surface area contributed by atoms with Crippen molar-refractivity contribution in [3.8, 4) is 0 Å². The molecule has 2 N–H and O–H groups in total. The Morgan fingerprint density at radius 1 is 1.29 bits per heavy atom. The summed E-state index contributed by atoms with van der Waals surface area (Å²) in [5, 5.41) is 0. The number of nitrogens with zero attached hydrogens (tertiary/aromatic N) is 1. The second-order valence-electron chi connectivity index (χ2n) is 5.32. The molecule has 0 amide bonds. The predicted molar refractivity (Wildman–Crippen MR) is 60.2 cm³/mol. The van der Waals surface area contributed by atoms with Gasteiger partial charge in [0.05, 0.1) is 0 Å². The van der Waals surface area contributed by atoms with Gasteiger partial charge in [0, 0.05) is 19.1 Å². The second-order valence-corrected chi connectivity index (χ2v) is 5.32. The van der Waals surface area contributed by atoms with Crippen molar-refractivity contribution in [3.05, 3.63) is 0 Å². The highest BCUT2D eigenvalue weighted by molar-refractivity contribution is 4.87. The van der Waals surface area contributed by atoms with Crippen LogP contribution >= 0.6 is 0 Å². The Balaban J connectivity index is 1.76. The van der Waals surface area contributed by atoms with Gasteiger partial charge in [0.25, 0.3) is 0 Å². The molecule has 2 heteroatoms. The van der Waals surface area contributed by atoms with E-state index in [-0.39, 0.29) is 0 Å². The summed E-state index contributed by atoms with van der Waals surface area (Å²) in [6, 6.07) is 0.900. The molecule has 2 unspecified atom stereocenters. The minimum Gasteiger partial charge on any atom is -0.330 e. The van der Waals surface area contributed by atoms with Gasteiger partial charge in [0.1, 0.15) is 0 Å². The number of hydrogen-bond donors (Lipinski definition) is 1. The van der Waals surface area contributed by atoms with Gasteiger partial charge in [-0.3, -0.25) is 4.90 Å². The predicted octanol–water partition coefficient (Wildman–Crippen LogP) is 1.85. The molecular formula is C12H24N2. The van der Waals surface area contributed by atoms with Crippen LogP contribution in [0, 0.1) is 11.8 Å². The molecule has 2 nitrogen and oxygen atoms in total. The van der Waals surface area contributed by atoms with Gasteiger partial charge in [-0.2, -0.15) is 0 Å². The Bertz CT molecular complexity index is 171. The minimum absolute atomic E-state index is 0.883. The normalized spacial score (nSPS) is 35.6. The highest BCUT2D eigenvalue weighted by Crippen LogP contribution is 2.32. The van der Waals surface area contributed by atoms with E-state index < -0.39 is 0 Å². The molecule has 0 bridgehead atoms. The van der Waals surface area contributed by atoms with Crippen LogP contribution in [0.2, 0.25) is 0 Å². The third-order valence-corrected chi connectivity index (χ3v) is 3.94. The van der Waals surface area contributed by atoms with E-state index >= 15 is 0 Å². The van der Waals surface area contributed by atoms with Crippen LogP contribution in [0.1, 0.15) is 39.0 Å². The van der Waals surface area contributed by atoms with Crippen molar-refractivity contribution < 1.29 is 0 Å². The molecule has 2 aliphatic rings. The van der Waals surface area contributed by atoms with E-state index in [0.29, 0.717) is 0 Å². The molecule has 14 heavy (non-hydrogen) atoms. The maximum absolute atomic E-state index is 5.64. The first-order valence-corrected chi connectivity index (χ1v) is 6.23. The lowest BCUT2D eigenvalue weighted by atomic mass is 9.81. The van der Waals surface area contributed by atoms with E-state index in [1.54, 1.807) is 0 Å². The van der Waals surface area contributed by atoms with Gasteiger partial charge >= 0.3 is 0 Å². The van der Waals surface area contributed by atoms with E-state index in [0.717, 1.165) is 24.4 Å². The summed E-state index contributed by atoms with van der Waals surface area (Å²) >= 11 is 0. The zero-order valence-corrected chi connectivity index (χ0v) is 9.41. The largest absolute Gasteiger partial charge is 0.330 e. The Hall–Kier alpha value is -0.0800. The summed E-state index contributed by atoms with van der Waals surface area (Å²) in [5.74, 6) is 1.87. The summed E-state index contributed by atoms with van der Waals surface area (Å²) in [6.45, 7) is 5.94. The average molecular weight is 196 g/mol. The molecule has 2 fully saturated rings. The van der Waals surface area contributed by atoms with Gasteiger partial charge in [0.15, 0.2) is 0 Å². The lowest BCUT2D eigenvalue weighted by Gasteiger charge is -2.46. The third kappa shape index (κ3) is 2.29. The summed E-state index contributed by atoms with van der Waals surface area (Å²) in [7, 11) is 0. The number of rotatable bonds is 3. The van der Waals surface area contributed by atoms with Gasteiger partial charge in [0.2, 0.25) is 0 Å². The fourth-order valence-electron chi connectivity index (χ4n) is 3.14. The molecule has 0 aromatic carbocycles. The molecule has 82 valence electrons. The molecule has 1 aliphatic heterocycles. The molecule has 0 spiro atoms. The molecular weight excluding hydrogens is 172 g/mol. The van der Waals surface area contributed by atoms with Crippen LogP contribution in [0.15, 0.2) is 0 Å². The highest BCUT2D eigenvalue weighted by Gasteiger charge is 2.32. The lowest BCUT2D eigenvalue weighted by molar-refractivity contribution is 0.0312. The van der Waals surface area contributed by atoms with Gasteiger partial charge in [-0.1, -0.05) is 19.8 Å². The van der Waals surface area contributed by atoms with Crippen molar-refractivity contribution >= 4 is 0 Å². The number of nitrogens with two attached hydrogens (primary N) is 1. The van der Waals surface area contributed by atoms with Crippen LogP contribution in [0.5, 0.6) is 0 Å². The van der Waals surface area contributed by atoms with Crippen LogP contribution in [-0.4, -0.2) is 30.6 Å². The summed E-state index contributed by atoms with van der Waals surface area (Å²) in [6.07, 6.45) is 6.97. The van der Waals surface area contributed by atoms with E-state index in [9.17, 15) is 0 Å². The van der Waals surface area contributed by atoms with Crippen LogP contribution < -0.4 is 5.73 Å². The van der Waals surface area contributed by atoms with Gasteiger partial charge in [-0.25, -0.2) is 0 Å². The summed E-state index contributed by atoms with van der Waals surface area (Å²) in [5.41, 5.74) is 5.64. The molecule has 2 rings (SSSR count). The Kier molecular flexibility index (Phi) is 3.45. The van der Waals surface area contributed by atoms with E-state index in [1.807, 2.05) is 0 Å². The highest BCUT2D eigenvalue weighted by atomic mass is 15.2. The first-order valence-electron chi connectivity index (χ1n) is 6.23. The van der Waals surface area contributed by atoms with Gasteiger partial charge < -0.3 is 5.73 Å². The molecule has 0 aromatic rings. The van der Waals surface area contributed by atoms with Crippen molar-refractivity contribution in [2.24, 2.45) is 17.6 Å². The van der Waals surface area contributed by atoms with Crippen molar-refractivity contribution in [1.29, 1.82) is 0 Å². The van der Waals surface area contributed by atoms with Crippen LogP contribution in [-0.2, 0) is 0 Å². The topological polar surface area (TPSA) is 29.3 Å². The lowest BCUT2D eigenvalue weighted by Crippen LogP contribution is -2.52. The zero-order valence-electron chi connectivity index (χ0n) is 9.41. The Morgan fingerprint density at radius 3 is 2.71 bits per heavy atom. The summed E-state index contributed by atoms with van der Waals surface area (Å²) < 4.78 is 0. The standard InChI is InChI=1S/C12H24N2/c1-10-8-14(9-10)12-4-2-3-11(7-12)5-6-13/h10-12H,2-9,13H2,1H3. The van der Waals surface area contributed by atoms with Crippen LogP contribution in [0.25, 0.3) is 0 Å². The van der Waals surface area contributed by atoms with Crippen molar-refractivity contribution in [2.75, 3.05) is 19.6 Å². The van der Waals surface area contributed by atoms with Crippen molar-refractivity contribution in [2.45, 2.75) is 45.1 Å². The SMILES string of the molecule is CC1CN(C2CCCC(CCN)C2)C1. The fourth-order valence-corrected chi connectivity index (χ4v) is 3.14. The first kappa shape index (κ1) is 10.4. The molecule has 1 aliphatic carbocycles. The Morgan fingerprint density at radius 2 is 2.07 bits per heavy atom. The quantitative estimate of drug-likeness (QED) is 0.746. The monoisotopic (exact) mass is 196 g/mol. The number of hydrogen-bond acceptors (Lipinski definition) is 2. The molecule has 1 saturated carbocycles. The molecule has 2 atom stereocenters. The fraction of sp³-hybridized carbons (Fsp3) is 1.00. The van der Waals surface area contributed by atoms with Crippen molar-refractivity contribution in [1.82, 2.24) is 4.90 Å². The maximum Gasteiger partial charge on any atom is 0.00981 e. The minimum atomic E-state index is 0.883. The third-order valence-electron chi connectivity index (χ3n) is 3.94. The van der Waals surface area contributed by atoms with E-state index in [2.05, 4.69) is 11.8 Å². The Labute approximate surface area is 87.8 Å². The summed E-state index contributed by atoms with van der Waals surface area (Å²) in [4.78, 5) is 2.69. The second kappa shape index (κ2) is 4.63. The van der Waals surface area contributed by atoms with Crippen molar-refractivity contribution in [3.63, 3.8) is 0 Å². The average Bonchev–Trinajstić information content (AvgIpc) is 2.14. The molecule has 1 saturated heterocycles. The smallest absolute Gasteiger partial charge is 0.00981 e. The van der Waals surface area contributed by atoms with E-state index in [4.69, 9.17) is 5.73 Å². The van der Waals surface area contributed by atoms with Crippen LogP contribution in [0.4, 0.5) is 0 Å². The zero-order chi connectivity index (χ0) is 9.97. The first-order chi connectivity index (χ1) is 6.79. The maximum atomic E-state index is 5.64. The van der Waals surface area contributed by atoms with Gasteiger partial charge in [-0.05, 0) is 37.6 Å². The van der Waals surface area contributed by atoms with E-state index in [1.165, 1.54) is 45.2 Å². The molecule has 0 aromatic heterocycles. The van der Waals surface area contributed by atoms with Crippen LogP contribution in [0.3, 0.4) is 0 Å². The number of likely N-dealkylation sites (tertiary alicyclic amines) is 1.